The highest BCUT2D eigenvalue weighted by Crippen LogP contribution is 2.27. The molecule has 0 radical (unpaired) electrons. The molecule has 1 aliphatic carbocycles. The molecule has 1 saturated carbocycles. The lowest BCUT2D eigenvalue weighted by molar-refractivity contribution is 0.0873. The lowest BCUT2D eigenvalue weighted by atomic mass is 9.84. The molecule has 1 aromatic carbocycles. The van der Waals surface area contributed by atoms with Gasteiger partial charge in [0.15, 0.2) is 5.83 Å². The third-order valence-corrected chi connectivity index (χ3v) is 6.25. The average Bonchev–Trinajstić information content (AvgIpc) is 3.27. The van der Waals surface area contributed by atoms with Crippen LogP contribution in [0.25, 0.3) is 11.0 Å². The van der Waals surface area contributed by atoms with E-state index in [4.69, 9.17) is 5.73 Å². The molecule has 3 heterocycles. The molecule has 2 atom stereocenters. The van der Waals surface area contributed by atoms with Gasteiger partial charge in [-0.3, -0.25) is 9.79 Å². The number of hydrogen-bond donors (Lipinski definition) is 5. The summed E-state index contributed by atoms with van der Waals surface area (Å²) >= 11 is 0. The molecule has 33 heavy (non-hydrogen) atoms. The molecule has 9 heteroatoms. The van der Waals surface area contributed by atoms with Crippen molar-refractivity contribution >= 4 is 22.8 Å². The third kappa shape index (κ3) is 4.19. The number of aliphatic imine (C=N–C) groups is 1. The molecule has 3 aromatic rings. The minimum Gasteiger partial charge on any atom is -0.350 e. The van der Waals surface area contributed by atoms with E-state index < -0.39 is 11.5 Å². The van der Waals surface area contributed by atoms with Gasteiger partial charge >= 0.3 is 0 Å². The molecule has 8 nitrogen and oxygen atoms in total. The van der Waals surface area contributed by atoms with E-state index >= 15 is 0 Å². The summed E-state index contributed by atoms with van der Waals surface area (Å²) in [5.74, 6) is 0.0861. The lowest BCUT2D eigenvalue weighted by Gasteiger charge is -2.43. The van der Waals surface area contributed by atoms with Gasteiger partial charge in [0.2, 0.25) is 0 Å². The Hall–Kier alpha value is -3.72. The molecule has 1 fully saturated rings. The van der Waals surface area contributed by atoms with Gasteiger partial charge < -0.3 is 26.7 Å². The lowest BCUT2D eigenvalue weighted by Crippen LogP contribution is -2.68. The second-order valence-corrected chi connectivity index (χ2v) is 8.47. The van der Waals surface area contributed by atoms with Crippen molar-refractivity contribution in [2.24, 2.45) is 10.7 Å². The Bertz CT molecular complexity index is 1240. The first kappa shape index (κ1) is 21.1. The van der Waals surface area contributed by atoms with E-state index in [1.165, 1.54) is 0 Å². The largest absolute Gasteiger partial charge is 0.350 e. The van der Waals surface area contributed by atoms with Crippen molar-refractivity contribution in [1.29, 1.82) is 0 Å². The van der Waals surface area contributed by atoms with Crippen LogP contribution in [0, 0.1) is 0 Å². The van der Waals surface area contributed by atoms with E-state index in [1.807, 2.05) is 30.3 Å². The van der Waals surface area contributed by atoms with Gasteiger partial charge in [-0.1, -0.05) is 24.6 Å². The first-order chi connectivity index (χ1) is 16.0. The summed E-state index contributed by atoms with van der Waals surface area (Å²) < 4.78 is 14.8. The third-order valence-electron chi connectivity index (χ3n) is 6.25. The zero-order chi connectivity index (χ0) is 22.8. The van der Waals surface area contributed by atoms with E-state index in [9.17, 15) is 9.18 Å². The second-order valence-electron chi connectivity index (χ2n) is 8.47. The Morgan fingerprint density at radius 1 is 1.18 bits per heavy atom. The van der Waals surface area contributed by atoms with Crippen molar-refractivity contribution in [3.63, 3.8) is 0 Å². The number of aromatic nitrogens is 2. The van der Waals surface area contributed by atoms with Crippen LogP contribution in [0.5, 0.6) is 0 Å². The molecule has 170 valence electrons. The van der Waals surface area contributed by atoms with Crippen LogP contribution in [0.4, 0.5) is 4.39 Å². The molecule has 6 N–H and O–H groups in total. The molecular formula is C24H26FN7O. The molecule has 1 amide bonds. The van der Waals surface area contributed by atoms with Crippen LogP contribution in [0.15, 0.2) is 71.5 Å². The predicted octanol–water partition coefficient (Wildman–Crippen LogP) is 2.67. The van der Waals surface area contributed by atoms with Gasteiger partial charge in [0, 0.05) is 28.9 Å². The summed E-state index contributed by atoms with van der Waals surface area (Å²) in [5.41, 5.74) is 7.84. The van der Waals surface area contributed by atoms with Gasteiger partial charge in [-0.2, -0.15) is 0 Å². The normalized spacial score (nSPS) is 23.1. The fraction of sp³-hybridized carbons (Fsp3) is 0.292. The molecule has 2 aliphatic rings. The van der Waals surface area contributed by atoms with Crippen molar-refractivity contribution in [3.05, 3.63) is 77.6 Å². The number of fused-ring (bicyclic) bond motifs is 1. The van der Waals surface area contributed by atoms with E-state index in [2.05, 4.69) is 30.9 Å². The fourth-order valence-electron chi connectivity index (χ4n) is 4.47. The number of carbonyl (C=O) groups excluding carboxylic acids is 1. The molecule has 0 unspecified atom stereocenters. The summed E-state index contributed by atoms with van der Waals surface area (Å²) in [6.07, 6.45) is 6.61. The zero-order valence-corrected chi connectivity index (χ0v) is 18.1. The first-order valence-corrected chi connectivity index (χ1v) is 11.1. The summed E-state index contributed by atoms with van der Waals surface area (Å²) in [6, 6.07) is 12.4. The van der Waals surface area contributed by atoms with Crippen LogP contribution < -0.4 is 21.7 Å². The Labute approximate surface area is 190 Å². The number of nitrogens with two attached hydrogens (primary N) is 1. The van der Waals surface area contributed by atoms with Crippen molar-refractivity contribution in [3.8, 4) is 0 Å². The fourth-order valence-corrected chi connectivity index (χ4v) is 4.47. The number of halogens is 1. The number of rotatable bonds is 5. The van der Waals surface area contributed by atoms with Gasteiger partial charge in [-0.15, -0.1) is 0 Å². The maximum absolute atomic E-state index is 14.8. The van der Waals surface area contributed by atoms with Gasteiger partial charge in [0.05, 0.1) is 12.6 Å². The number of carbonyl (C=O) groups is 1. The topological polar surface area (TPSA) is 120 Å². The average molecular weight is 448 g/mol. The highest BCUT2D eigenvalue weighted by atomic mass is 19.1. The molecule has 2 aromatic heterocycles. The van der Waals surface area contributed by atoms with Crippen LogP contribution in [0.3, 0.4) is 0 Å². The number of amides is 1. The van der Waals surface area contributed by atoms with E-state index in [0.717, 1.165) is 29.4 Å². The SMILES string of the molecule is N[C@@]1(NC2=C(F)CN=C(c3c[nH]c4ncccc34)N2)CCCC[C@H]1NC(=O)c1ccccc1. The van der Waals surface area contributed by atoms with E-state index in [0.29, 0.717) is 24.2 Å². The Morgan fingerprint density at radius 3 is 2.88 bits per heavy atom. The minimum atomic E-state index is -1.01. The number of nitrogens with one attached hydrogen (secondary N) is 4. The molecular weight excluding hydrogens is 421 g/mol. The number of benzene rings is 1. The Morgan fingerprint density at radius 2 is 2.03 bits per heavy atom. The second kappa shape index (κ2) is 8.67. The van der Waals surface area contributed by atoms with Gasteiger partial charge in [-0.05, 0) is 43.5 Å². The van der Waals surface area contributed by atoms with Crippen molar-refractivity contribution < 1.29 is 9.18 Å². The summed E-state index contributed by atoms with van der Waals surface area (Å²) in [5, 5.41) is 10.2. The number of amidine groups is 1. The van der Waals surface area contributed by atoms with Crippen LogP contribution in [-0.2, 0) is 0 Å². The summed E-state index contributed by atoms with van der Waals surface area (Å²) in [7, 11) is 0. The smallest absolute Gasteiger partial charge is 0.251 e. The van der Waals surface area contributed by atoms with Gasteiger partial charge in [0.25, 0.3) is 5.91 Å². The molecule has 5 rings (SSSR count). The maximum atomic E-state index is 14.8. The van der Waals surface area contributed by atoms with Crippen LogP contribution in [-0.4, -0.2) is 40.0 Å². The monoisotopic (exact) mass is 447 g/mol. The predicted molar refractivity (Wildman–Crippen MR) is 125 cm³/mol. The van der Waals surface area contributed by atoms with Crippen LogP contribution in [0.1, 0.15) is 41.6 Å². The van der Waals surface area contributed by atoms with Crippen molar-refractivity contribution in [2.45, 2.75) is 37.4 Å². The number of hydrogen-bond acceptors (Lipinski definition) is 6. The maximum Gasteiger partial charge on any atom is 0.251 e. The number of H-pyrrole nitrogens is 1. The van der Waals surface area contributed by atoms with Crippen LogP contribution >= 0.6 is 0 Å². The van der Waals surface area contributed by atoms with Crippen molar-refractivity contribution in [2.75, 3.05) is 6.54 Å². The molecule has 0 saturated heterocycles. The summed E-state index contributed by atoms with van der Waals surface area (Å²) in [4.78, 5) is 24.5. The molecule has 1 aliphatic heterocycles. The van der Waals surface area contributed by atoms with Crippen molar-refractivity contribution in [1.82, 2.24) is 25.9 Å². The number of nitrogens with zero attached hydrogens (tertiary/aromatic N) is 2. The van der Waals surface area contributed by atoms with Gasteiger partial charge in [-0.25, -0.2) is 9.37 Å². The molecule has 0 bridgehead atoms. The quantitative estimate of drug-likeness (QED) is 0.385. The minimum absolute atomic E-state index is 0.102. The Kier molecular flexibility index (Phi) is 5.55. The van der Waals surface area contributed by atoms with E-state index in [1.54, 1.807) is 24.5 Å². The summed E-state index contributed by atoms with van der Waals surface area (Å²) in [6.45, 7) is -0.102. The standard InChI is InChI=1S/C24H26FN7O/c25-18-14-29-21(17-13-28-20-16(17)9-6-12-27-20)31-22(18)32-24(26)11-5-4-10-19(24)30-23(33)15-7-2-1-3-8-15/h1-3,6-9,12-13,19,32H,4-5,10-11,14,26H2,(H,27,28)(H,29,31)(H,30,33)/t19-,24-/m1/s1. The Balaban J connectivity index is 1.35. The van der Waals surface area contributed by atoms with E-state index in [-0.39, 0.29) is 24.3 Å². The first-order valence-electron chi connectivity index (χ1n) is 11.1. The van der Waals surface area contributed by atoms with Gasteiger partial charge in [0.1, 0.15) is 23.0 Å². The zero-order valence-electron chi connectivity index (χ0n) is 18.1. The number of pyridine rings is 1. The molecule has 0 spiro atoms. The highest BCUT2D eigenvalue weighted by molar-refractivity contribution is 6.09. The number of aromatic amines is 1. The highest BCUT2D eigenvalue weighted by Gasteiger charge is 2.40. The van der Waals surface area contributed by atoms with Crippen LogP contribution in [0.2, 0.25) is 0 Å².